The van der Waals surface area contributed by atoms with Gasteiger partial charge in [0.25, 0.3) is 0 Å². The first-order chi connectivity index (χ1) is 9.63. The van der Waals surface area contributed by atoms with Crippen molar-refractivity contribution in [3.8, 4) is 5.75 Å². The number of ether oxygens (including phenoxy) is 1. The number of halogens is 1. The fraction of sp³-hybridized carbons (Fsp3) is 0.250. The first kappa shape index (κ1) is 14.2. The highest BCUT2D eigenvalue weighted by Gasteiger charge is 2.10. The normalized spacial score (nSPS) is 10.3. The number of nitrogens with one attached hydrogen (secondary N) is 1. The maximum Gasteiger partial charge on any atom is 0.146 e. The van der Waals surface area contributed by atoms with Crippen molar-refractivity contribution in [3.05, 3.63) is 47.8 Å². The zero-order chi connectivity index (χ0) is 14.5. The summed E-state index contributed by atoms with van der Waals surface area (Å²) >= 11 is 0. The lowest BCUT2D eigenvalue weighted by Gasteiger charge is -2.15. The van der Waals surface area contributed by atoms with Gasteiger partial charge in [0.15, 0.2) is 0 Å². The van der Waals surface area contributed by atoms with Crippen LogP contribution in [0.15, 0.2) is 36.4 Å². The minimum absolute atomic E-state index is 0.302. The van der Waals surface area contributed by atoms with E-state index in [-0.39, 0.29) is 5.82 Å². The molecule has 2 aromatic rings. The average Bonchev–Trinajstić information content (AvgIpc) is 2.43. The molecule has 0 unspecified atom stereocenters. The van der Waals surface area contributed by atoms with E-state index >= 15 is 0 Å². The fourth-order valence-electron chi connectivity index (χ4n) is 1.92. The van der Waals surface area contributed by atoms with Gasteiger partial charge in [0.1, 0.15) is 11.6 Å². The number of benzene rings is 2. The van der Waals surface area contributed by atoms with Gasteiger partial charge in [-0.2, -0.15) is 0 Å². The summed E-state index contributed by atoms with van der Waals surface area (Å²) in [5, 5.41) is 3.05. The van der Waals surface area contributed by atoms with Crippen LogP contribution in [0.25, 0.3) is 0 Å². The average molecular weight is 274 g/mol. The van der Waals surface area contributed by atoms with E-state index in [1.807, 2.05) is 32.0 Å². The summed E-state index contributed by atoms with van der Waals surface area (Å²) < 4.78 is 19.4. The third kappa shape index (κ3) is 3.02. The van der Waals surface area contributed by atoms with E-state index in [0.29, 0.717) is 29.4 Å². The Hall–Kier alpha value is -2.23. The predicted molar refractivity (Wildman–Crippen MR) is 81.1 cm³/mol. The summed E-state index contributed by atoms with van der Waals surface area (Å²) in [6, 6.07) is 10.4. The summed E-state index contributed by atoms with van der Waals surface area (Å²) in [7, 11) is 0. The van der Waals surface area contributed by atoms with Crippen molar-refractivity contribution in [2.45, 2.75) is 20.3 Å². The van der Waals surface area contributed by atoms with Gasteiger partial charge in [0, 0.05) is 0 Å². The Morgan fingerprint density at radius 1 is 1.20 bits per heavy atom. The molecule has 3 nitrogen and oxygen atoms in total. The topological polar surface area (TPSA) is 47.3 Å². The maximum atomic E-state index is 13.8. The van der Waals surface area contributed by atoms with Crippen molar-refractivity contribution in [2.24, 2.45) is 0 Å². The van der Waals surface area contributed by atoms with Gasteiger partial charge in [-0.1, -0.05) is 25.1 Å². The first-order valence-electron chi connectivity index (χ1n) is 6.67. The van der Waals surface area contributed by atoms with Gasteiger partial charge in [-0.3, -0.25) is 0 Å². The molecule has 0 aliphatic rings. The molecule has 0 amide bonds. The third-order valence-corrected chi connectivity index (χ3v) is 3.01. The summed E-state index contributed by atoms with van der Waals surface area (Å²) in [6.45, 7) is 4.48. The third-order valence-electron chi connectivity index (χ3n) is 3.01. The standard InChI is InChI=1S/C16H19FN2O/c1-3-10-20-14-9-5-8-13(15(14)18)19-16-11(2)6-4-7-12(16)17/h4-9,19H,3,10,18H2,1-2H3. The second-order valence-electron chi connectivity index (χ2n) is 4.62. The van der Waals surface area contributed by atoms with Crippen LogP contribution in [-0.2, 0) is 0 Å². The molecule has 0 atom stereocenters. The van der Waals surface area contributed by atoms with Crippen molar-refractivity contribution < 1.29 is 9.13 Å². The van der Waals surface area contributed by atoms with E-state index < -0.39 is 0 Å². The lowest BCUT2D eigenvalue weighted by molar-refractivity contribution is 0.319. The summed E-state index contributed by atoms with van der Waals surface area (Å²) in [4.78, 5) is 0. The Balaban J connectivity index is 2.30. The van der Waals surface area contributed by atoms with Crippen LogP contribution in [0.3, 0.4) is 0 Å². The molecule has 0 radical (unpaired) electrons. The van der Waals surface area contributed by atoms with E-state index in [2.05, 4.69) is 5.32 Å². The SMILES string of the molecule is CCCOc1cccc(Nc2c(C)cccc2F)c1N. The van der Waals surface area contributed by atoms with Crippen LogP contribution < -0.4 is 15.8 Å². The molecule has 0 fully saturated rings. The monoisotopic (exact) mass is 274 g/mol. The first-order valence-corrected chi connectivity index (χ1v) is 6.67. The number of nitrogen functional groups attached to an aromatic ring is 1. The van der Waals surface area contributed by atoms with Crippen LogP contribution in [0.1, 0.15) is 18.9 Å². The van der Waals surface area contributed by atoms with Gasteiger partial charge in [-0.05, 0) is 37.1 Å². The van der Waals surface area contributed by atoms with Crippen LogP contribution >= 0.6 is 0 Å². The van der Waals surface area contributed by atoms with Gasteiger partial charge in [0.2, 0.25) is 0 Å². The number of nitrogens with two attached hydrogens (primary N) is 1. The molecule has 0 spiro atoms. The molecule has 2 aromatic carbocycles. The molecule has 0 bridgehead atoms. The molecular formula is C16H19FN2O. The molecule has 0 aliphatic heterocycles. The smallest absolute Gasteiger partial charge is 0.146 e. The fourth-order valence-corrected chi connectivity index (χ4v) is 1.92. The Morgan fingerprint density at radius 2 is 1.95 bits per heavy atom. The number of para-hydroxylation sites is 2. The molecule has 20 heavy (non-hydrogen) atoms. The van der Waals surface area contributed by atoms with Crippen LogP contribution in [0.5, 0.6) is 5.75 Å². The molecular weight excluding hydrogens is 255 g/mol. The van der Waals surface area contributed by atoms with Crippen LogP contribution in [0.4, 0.5) is 21.5 Å². The second kappa shape index (κ2) is 6.28. The number of rotatable bonds is 5. The van der Waals surface area contributed by atoms with Gasteiger partial charge in [-0.15, -0.1) is 0 Å². The molecule has 0 saturated carbocycles. The molecule has 0 aliphatic carbocycles. The van der Waals surface area contributed by atoms with Gasteiger partial charge in [0.05, 0.1) is 23.7 Å². The van der Waals surface area contributed by atoms with Crippen molar-refractivity contribution in [3.63, 3.8) is 0 Å². The molecule has 0 heterocycles. The van der Waals surface area contributed by atoms with Gasteiger partial charge in [-0.25, -0.2) is 4.39 Å². The molecule has 0 saturated heterocycles. The van der Waals surface area contributed by atoms with E-state index in [0.717, 1.165) is 12.0 Å². The Labute approximate surface area is 118 Å². The lowest BCUT2D eigenvalue weighted by atomic mass is 10.1. The van der Waals surface area contributed by atoms with Crippen molar-refractivity contribution in [2.75, 3.05) is 17.7 Å². The lowest BCUT2D eigenvalue weighted by Crippen LogP contribution is -2.03. The Kier molecular flexibility index (Phi) is 4.45. The maximum absolute atomic E-state index is 13.8. The van der Waals surface area contributed by atoms with Crippen molar-refractivity contribution >= 4 is 17.1 Å². The molecule has 3 N–H and O–H groups in total. The summed E-state index contributed by atoms with van der Waals surface area (Å²) in [6.07, 6.45) is 0.906. The van der Waals surface area contributed by atoms with Crippen molar-refractivity contribution in [1.82, 2.24) is 0 Å². The molecule has 0 aromatic heterocycles. The zero-order valence-corrected chi connectivity index (χ0v) is 11.7. The Bertz CT molecular complexity index is 579. The minimum atomic E-state index is -0.302. The minimum Gasteiger partial charge on any atom is -0.491 e. The Morgan fingerprint density at radius 3 is 2.65 bits per heavy atom. The van der Waals surface area contributed by atoms with E-state index in [4.69, 9.17) is 10.5 Å². The predicted octanol–water partition coefficient (Wildman–Crippen LogP) is 4.25. The number of aryl methyl sites for hydroxylation is 1. The number of hydrogen-bond donors (Lipinski definition) is 2. The number of hydrogen-bond acceptors (Lipinski definition) is 3. The quantitative estimate of drug-likeness (QED) is 0.801. The molecule has 4 heteroatoms. The van der Waals surface area contributed by atoms with Gasteiger partial charge >= 0.3 is 0 Å². The zero-order valence-electron chi connectivity index (χ0n) is 11.7. The van der Waals surface area contributed by atoms with Gasteiger partial charge < -0.3 is 15.8 Å². The highest BCUT2D eigenvalue weighted by atomic mass is 19.1. The van der Waals surface area contributed by atoms with Crippen LogP contribution in [-0.4, -0.2) is 6.61 Å². The number of anilines is 3. The largest absolute Gasteiger partial charge is 0.491 e. The molecule has 106 valence electrons. The second-order valence-corrected chi connectivity index (χ2v) is 4.62. The summed E-state index contributed by atoms with van der Waals surface area (Å²) in [5.74, 6) is 0.315. The highest BCUT2D eigenvalue weighted by Crippen LogP contribution is 2.33. The summed E-state index contributed by atoms with van der Waals surface area (Å²) in [5.41, 5.74) is 8.46. The van der Waals surface area contributed by atoms with E-state index in [9.17, 15) is 4.39 Å². The van der Waals surface area contributed by atoms with E-state index in [1.54, 1.807) is 12.1 Å². The van der Waals surface area contributed by atoms with Crippen LogP contribution in [0, 0.1) is 12.7 Å². The molecule has 2 rings (SSSR count). The van der Waals surface area contributed by atoms with E-state index in [1.165, 1.54) is 6.07 Å². The van der Waals surface area contributed by atoms with Crippen molar-refractivity contribution in [1.29, 1.82) is 0 Å². The highest BCUT2D eigenvalue weighted by molar-refractivity contribution is 5.78. The van der Waals surface area contributed by atoms with Crippen LogP contribution in [0.2, 0.25) is 0 Å².